The molecule has 0 radical (unpaired) electrons. The van der Waals surface area contributed by atoms with E-state index in [1.54, 1.807) is 23.8 Å². The lowest BCUT2D eigenvalue weighted by Crippen LogP contribution is -2.04. The van der Waals surface area contributed by atoms with Crippen molar-refractivity contribution in [2.75, 3.05) is 17.7 Å². The Kier molecular flexibility index (Phi) is 3.13. The minimum Gasteiger partial charge on any atom is -0.372 e. The Balaban J connectivity index is 2.11. The molecule has 0 atom stereocenters. The normalized spacial score (nSPS) is 10.9. The Morgan fingerprint density at radius 1 is 1.19 bits per heavy atom. The van der Waals surface area contributed by atoms with Crippen LogP contribution in [0.5, 0.6) is 0 Å². The van der Waals surface area contributed by atoms with Crippen LogP contribution in [0.3, 0.4) is 0 Å². The number of benzene rings is 1. The second-order valence-electron chi connectivity index (χ2n) is 4.26. The van der Waals surface area contributed by atoms with Crippen molar-refractivity contribution in [3.8, 4) is 0 Å². The molecule has 5 nitrogen and oxygen atoms in total. The van der Waals surface area contributed by atoms with Crippen LogP contribution >= 0.6 is 0 Å². The number of rotatable bonds is 3. The van der Waals surface area contributed by atoms with Gasteiger partial charge in [-0.15, -0.1) is 0 Å². The van der Waals surface area contributed by atoms with E-state index in [0.717, 1.165) is 6.07 Å². The summed E-state index contributed by atoms with van der Waals surface area (Å²) >= 11 is 0. The Bertz CT molecular complexity index is 815. The maximum absolute atomic E-state index is 13.7. The van der Waals surface area contributed by atoms with E-state index in [1.165, 1.54) is 6.20 Å². The van der Waals surface area contributed by atoms with E-state index in [0.29, 0.717) is 17.5 Å². The minimum atomic E-state index is -1.28. The van der Waals surface area contributed by atoms with Crippen molar-refractivity contribution in [3.63, 3.8) is 0 Å². The van der Waals surface area contributed by atoms with Gasteiger partial charge in [-0.1, -0.05) is 0 Å². The molecule has 0 saturated carbocycles. The van der Waals surface area contributed by atoms with Crippen LogP contribution in [-0.4, -0.2) is 21.4 Å². The van der Waals surface area contributed by atoms with Gasteiger partial charge in [0.15, 0.2) is 23.1 Å². The summed E-state index contributed by atoms with van der Waals surface area (Å²) in [6, 6.07) is 1.33. The number of nitrogens with one attached hydrogen (secondary N) is 2. The van der Waals surface area contributed by atoms with E-state index >= 15 is 0 Å². The molecule has 108 valence electrons. The van der Waals surface area contributed by atoms with Crippen molar-refractivity contribution in [2.45, 2.75) is 0 Å². The van der Waals surface area contributed by atoms with Crippen LogP contribution in [0.2, 0.25) is 0 Å². The van der Waals surface area contributed by atoms with Crippen molar-refractivity contribution in [2.24, 2.45) is 0 Å². The van der Waals surface area contributed by atoms with E-state index in [4.69, 9.17) is 0 Å². The summed E-state index contributed by atoms with van der Waals surface area (Å²) in [6.07, 6.45) is 4.88. The lowest BCUT2D eigenvalue weighted by atomic mass is 10.3. The molecular formula is C13H10F3N5. The zero-order valence-corrected chi connectivity index (χ0v) is 10.9. The molecule has 0 unspecified atom stereocenters. The van der Waals surface area contributed by atoms with E-state index in [-0.39, 0.29) is 11.5 Å². The highest BCUT2D eigenvalue weighted by Crippen LogP contribution is 2.25. The van der Waals surface area contributed by atoms with Gasteiger partial charge >= 0.3 is 0 Å². The third-order valence-electron chi connectivity index (χ3n) is 2.88. The number of halogens is 3. The highest BCUT2D eigenvalue weighted by Gasteiger charge is 2.14. The second kappa shape index (κ2) is 4.97. The molecule has 0 aliphatic rings. The Labute approximate surface area is 117 Å². The van der Waals surface area contributed by atoms with E-state index in [9.17, 15) is 13.2 Å². The first-order valence-electron chi connectivity index (χ1n) is 6.01. The fourth-order valence-electron chi connectivity index (χ4n) is 1.91. The maximum Gasteiger partial charge on any atom is 0.182 e. The molecule has 8 heteroatoms. The fraction of sp³-hybridized carbons (Fsp3) is 0.0769. The quantitative estimate of drug-likeness (QED) is 0.729. The van der Waals surface area contributed by atoms with Crippen molar-refractivity contribution >= 4 is 23.0 Å². The molecule has 3 rings (SSSR count). The summed E-state index contributed by atoms with van der Waals surface area (Å²) in [5, 5.41) is 5.40. The smallest absolute Gasteiger partial charge is 0.182 e. The minimum absolute atomic E-state index is 0.177. The molecule has 0 aliphatic heterocycles. The number of fused-ring (bicyclic) bond motifs is 1. The molecule has 0 amide bonds. The van der Waals surface area contributed by atoms with Crippen LogP contribution in [0, 0.1) is 17.5 Å². The molecule has 0 bridgehead atoms. The molecule has 3 aromatic rings. The lowest BCUT2D eigenvalue weighted by Gasteiger charge is -2.10. The van der Waals surface area contributed by atoms with Gasteiger partial charge in [-0.05, 0) is 0 Å². The van der Waals surface area contributed by atoms with Gasteiger partial charge in [0, 0.05) is 31.6 Å². The van der Waals surface area contributed by atoms with Gasteiger partial charge < -0.3 is 15.0 Å². The molecule has 2 heterocycles. The maximum atomic E-state index is 13.7. The van der Waals surface area contributed by atoms with Crippen LogP contribution in [-0.2, 0) is 0 Å². The number of aromatic nitrogens is 3. The van der Waals surface area contributed by atoms with Crippen LogP contribution < -0.4 is 10.6 Å². The predicted molar refractivity (Wildman–Crippen MR) is 72.1 cm³/mol. The van der Waals surface area contributed by atoms with Gasteiger partial charge in [-0.25, -0.2) is 23.1 Å². The topological polar surface area (TPSA) is 54.2 Å². The Morgan fingerprint density at radius 3 is 2.76 bits per heavy atom. The highest BCUT2D eigenvalue weighted by atomic mass is 19.2. The number of nitrogens with zero attached hydrogens (tertiary/aromatic N) is 3. The Hall–Kier alpha value is -2.77. The molecule has 0 aliphatic carbocycles. The molecule has 21 heavy (non-hydrogen) atoms. The molecule has 0 fully saturated rings. The van der Waals surface area contributed by atoms with E-state index < -0.39 is 17.5 Å². The summed E-state index contributed by atoms with van der Waals surface area (Å²) < 4.78 is 41.8. The molecule has 0 saturated heterocycles. The zero-order chi connectivity index (χ0) is 15.0. The molecule has 2 aromatic heterocycles. The van der Waals surface area contributed by atoms with Crippen LogP contribution in [0.1, 0.15) is 0 Å². The van der Waals surface area contributed by atoms with Crippen molar-refractivity contribution in [3.05, 3.63) is 48.2 Å². The summed E-state index contributed by atoms with van der Waals surface area (Å²) in [5.74, 6) is -2.68. The van der Waals surface area contributed by atoms with Crippen LogP contribution in [0.25, 0.3) is 5.65 Å². The average molecular weight is 293 g/mol. The summed E-state index contributed by atoms with van der Waals surface area (Å²) in [7, 11) is 1.66. The van der Waals surface area contributed by atoms with Gasteiger partial charge in [0.25, 0.3) is 0 Å². The second-order valence-corrected chi connectivity index (χ2v) is 4.26. The lowest BCUT2D eigenvalue weighted by molar-refractivity contribution is 0.498. The third-order valence-corrected chi connectivity index (χ3v) is 2.88. The fourth-order valence-corrected chi connectivity index (χ4v) is 1.91. The van der Waals surface area contributed by atoms with Crippen LogP contribution in [0.4, 0.5) is 30.5 Å². The number of hydrogen-bond acceptors (Lipinski definition) is 4. The molecule has 0 spiro atoms. The summed E-state index contributed by atoms with van der Waals surface area (Å²) in [4.78, 5) is 8.24. The van der Waals surface area contributed by atoms with Gasteiger partial charge in [-0.2, -0.15) is 0 Å². The van der Waals surface area contributed by atoms with Gasteiger partial charge in [0.05, 0.1) is 11.9 Å². The number of imidazole rings is 1. The molecular weight excluding hydrogens is 283 g/mol. The van der Waals surface area contributed by atoms with E-state index in [2.05, 4.69) is 20.6 Å². The molecule has 2 N–H and O–H groups in total. The number of hydrogen-bond donors (Lipinski definition) is 2. The average Bonchev–Trinajstić information content (AvgIpc) is 2.92. The SMILES string of the molecule is CNc1cn2ccnc2c(Nc2cc(F)cc(F)c2F)n1. The van der Waals surface area contributed by atoms with Gasteiger partial charge in [-0.3, -0.25) is 0 Å². The first-order valence-corrected chi connectivity index (χ1v) is 6.01. The highest BCUT2D eigenvalue weighted by molar-refractivity contribution is 5.71. The zero-order valence-electron chi connectivity index (χ0n) is 10.9. The van der Waals surface area contributed by atoms with Gasteiger partial charge in [0.2, 0.25) is 0 Å². The van der Waals surface area contributed by atoms with Gasteiger partial charge in [0.1, 0.15) is 11.6 Å². The summed E-state index contributed by atoms with van der Waals surface area (Å²) in [6.45, 7) is 0. The van der Waals surface area contributed by atoms with E-state index in [1.807, 2.05) is 0 Å². The molecule has 1 aromatic carbocycles. The first-order chi connectivity index (χ1) is 10.1. The van der Waals surface area contributed by atoms with Crippen molar-refractivity contribution in [1.82, 2.24) is 14.4 Å². The number of anilines is 3. The third kappa shape index (κ3) is 2.35. The summed E-state index contributed by atoms with van der Waals surface area (Å²) in [5.41, 5.74) is 0.0521. The Morgan fingerprint density at radius 2 is 2.00 bits per heavy atom. The largest absolute Gasteiger partial charge is 0.372 e. The monoisotopic (exact) mass is 293 g/mol. The first kappa shape index (κ1) is 13.2. The van der Waals surface area contributed by atoms with Crippen molar-refractivity contribution in [1.29, 1.82) is 0 Å². The standard InChI is InChI=1S/C13H10F3N5/c1-17-10-6-21-3-2-18-13(21)12(20-10)19-9-5-7(14)4-8(15)11(9)16/h2-6,17H,1H3,(H,19,20). The predicted octanol–water partition coefficient (Wildman–Crippen LogP) is 2.93. The van der Waals surface area contributed by atoms with Crippen molar-refractivity contribution < 1.29 is 13.2 Å². The van der Waals surface area contributed by atoms with Crippen LogP contribution in [0.15, 0.2) is 30.7 Å².